The summed E-state index contributed by atoms with van der Waals surface area (Å²) in [4.78, 5) is 3.21. The van der Waals surface area contributed by atoms with Gasteiger partial charge in [0.05, 0.1) is 7.11 Å². The van der Waals surface area contributed by atoms with Crippen molar-refractivity contribution < 1.29 is 9.13 Å². The van der Waals surface area contributed by atoms with Gasteiger partial charge in [-0.3, -0.25) is 0 Å². The molecule has 0 aliphatic heterocycles. The fourth-order valence-electron chi connectivity index (χ4n) is 2.01. The lowest BCUT2D eigenvalue weighted by atomic mass is 10.1. The second-order valence-corrected chi connectivity index (χ2v) is 3.80. The smallest absolute Gasteiger partial charge is 0.165 e. The zero-order chi connectivity index (χ0) is 11.7. The minimum absolute atomic E-state index is 0.257. The summed E-state index contributed by atoms with van der Waals surface area (Å²) in [6.45, 7) is 2.52. The summed E-state index contributed by atoms with van der Waals surface area (Å²) < 4.78 is 18.5. The fourth-order valence-corrected chi connectivity index (χ4v) is 2.01. The maximum atomic E-state index is 13.6. The van der Waals surface area contributed by atoms with Gasteiger partial charge in [0, 0.05) is 22.7 Å². The summed E-state index contributed by atoms with van der Waals surface area (Å²) in [5, 5.41) is 0.890. The van der Waals surface area contributed by atoms with Gasteiger partial charge in [0.15, 0.2) is 11.6 Å². The number of fused-ring (bicyclic) bond motifs is 1. The molecule has 0 saturated carbocycles. The van der Waals surface area contributed by atoms with E-state index in [4.69, 9.17) is 10.5 Å². The first kappa shape index (κ1) is 11.0. The monoisotopic (exact) mass is 222 g/mol. The molecule has 0 aliphatic carbocycles. The molecule has 0 aliphatic rings. The number of nitrogens with two attached hydrogens (primary N) is 1. The summed E-state index contributed by atoms with van der Waals surface area (Å²) in [6, 6.07) is 3.18. The molecule has 0 fully saturated rings. The van der Waals surface area contributed by atoms with E-state index in [2.05, 4.69) is 4.98 Å². The average molecular weight is 222 g/mol. The molecule has 0 radical (unpaired) electrons. The summed E-state index contributed by atoms with van der Waals surface area (Å²) in [7, 11) is 1.46. The van der Waals surface area contributed by atoms with Crippen LogP contribution in [-0.4, -0.2) is 18.6 Å². The Morgan fingerprint density at radius 2 is 2.19 bits per heavy atom. The second kappa shape index (κ2) is 4.14. The molecule has 16 heavy (non-hydrogen) atoms. The van der Waals surface area contributed by atoms with Crippen molar-refractivity contribution in [2.24, 2.45) is 5.73 Å². The first-order valence-corrected chi connectivity index (χ1v) is 5.22. The van der Waals surface area contributed by atoms with Crippen LogP contribution in [0.2, 0.25) is 0 Å². The minimum atomic E-state index is -0.340. The van der Waals surface area contributed by atoms with E-state index in [1.807, 2.05) is 6.92 Å². The Morgan fingerprint density at radius 1 is 1.44 bits per heavy atom. The van der Waals surface area contributed by atoms with Gasteiger partial charge >= 0.3 is 0 Å². The van der Waals surface area contributed by atoms with Crippen LogP contribution in [0.1, 0.15) is 11.3 Å². The number of methoxy groups -OCH3 is 1. The fraction of sp³-hybridized carbons (Fsp3) is 0.333. The number of aromatic amines is 1. The molecule has 0 saturated heterocycles. The molecule has 1 heterocycles. The third-order valence-electron chi connectivity index (χ3n) is 2.79. The topological polar surface area (TPSA) is 51.0 Å². The van der Waals surface area contributed by atoms with Crippen LogP contribution in [0.25, 0.3) is 10.9 Å². The Hall–Kier alpha value is -1.55. The Morgan fingerprint density at radius 3 is 2.81 bits per heavy atom. The van der Waals surface area contributed by atoms with E-state index in [1.165, 1.54) is 13.2 Å². The van der Waals surface area contributed by atoms with Crippen LogP contribution in [0.15, 0.2) is 12.1 Å². The Bertz CT molecular complexity index is 519. The maximum absolute atomic E-state index is 13.6. The van der Waals surface area contributed by atoms with Crippen LogP contribution in [0, 0.1) is 12.7 Å². The number of hydrogen-bond acceptors (Lipinski definition) is 2. The van der Waals surface area contributed by atoms with E-state index in [9.17, 15) is 4.39 Å². The van der Waals surface area contributed by atoms with Crippen molar-refractivity contribution in [3.63, 3.8) is 0 Å². The lowest BCUT2D eigenvalue weighted by Gasteiger charge is -2.02. The van der Waals surface area contributed by atoms with Crippen molar-refractivity contribution in [1.29, 1.82) is 0 Å². The van der Waals surface area contributed by atoms with E-state index < -0.39 is 0 Å². The van der Waals surface area contributed by atoms with Gasteiger partial charge in [0.25, 0.3) is 0 Å². The van der Waals surface area contributed by atoms with Crippen LogP contribution in [-0.2, 0) is 6.42 Å². The molecule has 0 amide bonds. The van der Waals surface area contributed by atoms with E-state index >= 15 is 0 Å². The maximum Gasteiger partial charge on any atom is 0.165 e. The van der Waals surface area contributed by atoms with Gasteiger partial charge in [-0.15, -0.1) is 0 Å². The van der Waals surface area contributed by atoms with Crippen LogP contribution in [0.5, 0.6) is 5.75 Å². The highest BCUT2D eigenvalue weighted by Crippen LogP contribution is 2.28. The van der Waals surface area contributed by atoms with Crippen molar-refractivity contribution in [1.82, 2.24) is 4.98 Å². The first-order valence-electron chi connectivity index (χ1n) is 5.22. The molecule has 3 N–H and O–H groups in total. The van der Waals surface area contributed by atoms with Crippen molar-refractivity contribution in [3.8, 4) is 5.75 Å². The highest BCUT2D eigenvalue weighted by atomic mass is 19.1. The van der Waals surface area contributed by atoms with Gasteiger partial charge in [0.2, 0.25) is 0 Å². The summed E-state index contributed by atoms with van der Waals surface area (Å²) in [6.07, 6.45) is 0.748. The van der Waals surface area contributed by atoms with Gasteiger partial charge in [-0.05, 0) is 31.5 Å². The van der Waals surface area contributed by atoms with Crippen LogP contribution in [0.4, 0.5) is 4.39 Å². The highest BCUT2D eigenvalue weighted by Gasteiger charge is 2.12. The summed E-state index contributed by atoms with van der Waals surface area (Å²) in [5.74, 6) is -0.0830. The first-order chi connectivity index (χ1) is 7.67. The zero-order valence-corrected chi connectivity index (χ0v) is 9.43. The number of H-pyrrole nitrogens is 1. The van der Waals surface area contributed by atoms with Crippen molar-refractivity contribution in [2.45, 2.75) is 13.3 Å². The molecule has 0 atom stereocenters. The van der Waals surface area contributed by atoms with Crippen molar-refractivity contribution >= 4 is 10.9 Å². The van der Waals surface area contributed by atoms with E-state index in [0.717, 1.165) is 28.6 Å². The molecule has 3 nitrogen and oxygen atoms in total. The second-order valence-electron chi connectivity index (χ2n) is 3.80. The molecule has 0 unspecified atom stereocenters. The molecule has 0 bridgehead atoms. The molecular weight excluding hydrogens is 207 g/mol. The van der Waals surface area contributed by atoms with Gasteiger partial charge < -0.3 is 15.5 Å². The molecule has 2 aromatic rings. The van der Waals surface area contributed by atoms with E-state index in [-0.39, 0.29) is 11.6 Å². The molecular formula is C12H15FN2O. The number of halogens is 1. The Kier molecular flexibility index (Phi) is 2.83. The standard InChI is InChI=1S/C12H15FN2O/c1-7-8(3-4-14)9-5-10(13)12(16-2)6-11(9)15-7/h5-6,15H,3-4,14H2,1-2H3. The average Bonchev–Trinajstić information content (AvgIpc) is 2.55. The van der Waals surface area contributed by atoms with Crippen LogP contribution in [0.3, 0.4) is 0 Å². The lowest BCUT2D eigenvalue weighted by molar-refractivity contribution is 0.387. The molecule has 1 aromatic carbocycles. The molecule has 2 rings (SSSR count). The van der Waals surface area contributed by atoms with Gasteiger partial charge in [0.1, 0.15) is 0 Å². The molecule has 1 aromatic heterocycles. The molecule has 4 heteroatoms. The lowest BCUT2D eigenvalue weighted by Crippen LogP contribution is -2.03. The van der Waals surface area contributed by atoms with Crippen LogP contribution >= 0.6 is 0 Å². The molecule has 0 spiro atoms. The third kappa shape index (κ3) is 1.65. The van der Waals surface area contributed by atoms with Gasteiger partial charge in [-0.25, -0.2) is 4.39 Å². The third-order valence-corrected chi connectivity index (χ3v) is 2.79. The Labute approximate surface area is 93.4 Å². The summed E-state index contributed by atoms with van der Waals surface area (Å²) in [5.41, 5.74) is 8.55. The number of nitrogens with one attached hydrogen (secondary N) is 1. The minimum Gasteiger partial charge on any atom is -0.494 e. The Balaban J connectivity index is 2.66. The van der Waals surface area contributed by atoms with Gasteiger partial charge in [-0.1, -0.05) is 0 Å². The van der Waals surface area contributed by atoms with E-state index in [1.54, 1.807) is 6.07 Å². The predicted molar refractivity (Wildman–Crippen MR) is 62.3 cm³/mol. The quantitative estimate of drug-likeness (QED) is 0.835. The number of benzene rings is 1. The highest BCUT2D eigenvalue weighted by molar-refractivity contribution is 5.86. The number of aryl methyl sites for hydroxylation is 1. The summed E-state index contributed by atoms with van der Waals surface area (Å²) >= 11 is 0. The SMILES string of the molecule is COc1cc2[nH]c(C)c(CCN)c2cc1F. The van der Waals surface area contributed by atoms with Crippen LogP contribution < -0.4 is 10.5 Å². The zero-order valence-electron chi connectivity index (χ0n) is 9.43. The normalized spacial score (nSPS) is 11.0. The van der Waals surface area contributed by atoms with Crippen molar-refractivity contribution in [2.75, 3.05) is 13.7 Å². The number of hydrogen-bond donors (Lipinski definition) is 2. The van der Waals surface area contributed by atoms with Crippen molar-refractivity contribution in [3.05, 3.63) is 29.2 Å². The van der Waals surface area contributed by atoms with Gasteiger partial charge in [-0.2, -0.15) is 0 Å². The number of rotatable bonds is 3. The predicted octanol–water partition coefficient (Wildman–Crippen LogP) is 2.13. The molecule has 86 valence electrons. The largest absolute Gasteiger partial charge is 0.494 e. The van der Waals surface area contributed by atoms with E-state index in [0.29, 0.717) is 6.54 Å². The number of ether oxygens (including phenoxy) is 1. The number of aromatic nitrogens is 1.